The Balaban J connectivity index is 3.88. The Labute approximate surface area is 471 Å². The molecule has 4 N–H and O–H groups in total. The molecule has 458 valence electrons. The molecule has 0 bridgehead atoms. The van der Waals surface area contributed by atoms with Gasteiger partial charge in [0.25, 0.3) is 0 Å². The van der Waals surface area contributed by atoms with Gasteiger partial charge in [-0.05, 0) is 108 Å². The maximum Gasteiger partial charge on any atom is 0.230 e. The molecule has 0 aliphatic rings. The number of carbonyl (C=O) groups excluding carboxylic acids is 5. The molecule has 0 unspecified atom stereocenters. The van der Waals surface area contributed by atoms with Crippen molar-refractivity contribution in [2.24, 2.45) is 5.92 Å². The van der Waals surface area contributed by atoms with Crippen LogP contribution in [0.2, 0.25) is 6.82 Å². The van der Waals surface area contributed by atoms with Crippen LogP contribution < -0.4 is 21.3 Å². The fourth-order valence-electron chi connectivity index (χ4n) is 7.11. The van der Waals surface area contributed by atoms with Crippen LogP contribution in [0.15, 0.2) is 0 Å². The molecule has 0 radical (unpaired) electrons. The Morgan fingerprint density at radius 2 is 0.769 bits per heavy atom. The smallest absolute Gasteiger partial charge is 0.230 e. The maximum atomic E-state index is 12.6. The van der Waals surface area contributed by atoms with Crippen LogP contribution in [0.4, 0.5) is 4.79 Å². The topological polar surface area (TPSA) is 238 Å². The molecule has 0 saturated heterocycles. The molecule has 0 saturated carbocycles. The molecule has 0 rings (SSSR count). The van der Waals surface area contributed by atoms with Gasteiger partial charge in [0.1, 0.15) is 0 Å². The van der Waals surface area contributed by atoms with Gasteiger partial charge in [-0.15, -0.1) is 0 Å². The highest BCUT2D eigenvalue weighted by Crippen LogP contribution is 2.21. The molecule has 22 heteroatoms. The Kier molecular flexibility index (Phi) is 42.0. The van der Waals surface area contributed by atoms with Gasteiger partial charge in [0, 0.05) is 58.5 Å². The molecule has 0 aromatic heterocycles. The Hall–Kier alpha value is -3.03. The van der Waals surface area contributed by atoms with Crippen molar-refractivity contribution in [2.45, 2.75) is 176 Å². The van der Waals surface area contributed by atoms with Crippen LogP contribution in [0.25, 0.3) is 0 Å². The summed E-state index contributed by atoms with van der Waals surface area (Å²) >= 11 is 0. The standard InChI is InChI=1S/C56H110BN5O16/c1-15-76-56(12,13)23-25-59-48(64)17-22-55(10,11)78-45-53(6,7)61-50(66)20-29-69-33-37-73-41-43-75-39-35-71-31-27-62(51(67)57-14)26-30-70-34-38-74-42-40-72-36-32-68-28-19-49(65)60-52(4,5)44-77-54(8,9)21-16-47(63)58-24-18-46(2)3/h46,57H,15-45H2,1-14H3,(H,58,63)(H,59,64)(H,60,65)(H,61,66). The number of carbonyl (C=O) groups is 5. The summed E-state index contributed by atoms with van der Waals surface area (Å²) in [5.74, 6) is 0.297. The third kappa shape index (κ3) is 46.7. The van der Waals surface area contributed by atoms with E-state index >= 15 is 0 Å². The molecule has 0 heterocycles. The van der Waals surface area contributed by atoms with Gasteiger partial charge in [-0.2, -0.15) is 0 Å². The second kappa shape index (κ2) is 43.7. The van der Waals surface area contributed by atoms with Gasteiger partial charge in [-0.3, -0.25) is 24.0 Å². The molecule has 0 atom stereocenters. The van der Waals surface area contributed by atoms with E-state index in [0.29, 0.717) is 177 Å². The van der Waals surface area contributed by atoms with E-state index in [9.17, 15) is 24.0 Å². The molecule has 0 aliphatic carbocycles. The van der Waals surface area contributed by atoms with Crippen LogP contribution >= 0.6 is 0 Å². The first-order valence-corrected chi connectivity index (χ1v) is 28.7. The van der Waals surface area contributed by atoms with E-state index in [4.69, 9.17) is 52.1 Å². The zero-order valence-electron chi connectivity index (χ0n) is 51.2. The van der Waals surface area contributed by atoms with Gasteiger partial charge in [0.15, 0.2) is 5.81 Å². The summed E-state index contributed by atoms with van der Waals surface area (Å²) in [6.07, 6.45) is 3.96. The minimum Gasteiger partial charge on any atom is -0.379 e. The first-order chi connectivity index (χ1) is 36.7. The van der Waals surface area contributed by atoms with Gasteiger partial charge in [0.05, 0.1) is 147 Å². The third-order valence-electron chi connectivity index (χ3n) is 12.0. The van der Waals surface area contributed by atoms with Crippen LogP contribution in [0.3, 0.4) is 0 Å². The monoisotopic (exact) mass is 1120 g/mol. The molecule has 0 spiro atoms. The summed E-state index contributed by atoms with van der Waals surface area (Å²) in [5.41, 5.74) is -2.51. The summed E-state index contributed by atoms with van der Waals surface area (Å²) in [6.45, 7) is 36.7. The fourth-order valence-corrected chi connectivity index (χ4v) is 7.11. The first-order valence-electron chi connectivity index (χ1n) is 28.7. The number of nitrogens with zero attached hydrogens (tertiary/aromatic N) is 1. The molecule has 0 aromatic carbocycles. The van der Waals surface area contributed by atoms with Crippen LogP contribution in [-0.2, 0) is 71.3 Å². The van der Waals surface area contributed by atoms with Crippen molar-refractivity contribution in [2.75, 3.05) is 152 Å². The van der Waals surface area contributed by atoms with Crippen LogP contribution in [0, 0.1) is 5.92 Å². The van der Waals surface area contributed by atoms with Gasteiger partial charge in [-0.25, -0.2) is 0 Å². The van der Waals surface area contributed by atoms with Crippen molar-refractivity contribution in [3.63, 3.8) is 0 Å². The second-order valence-electron chi connectivity index (χ2n) is 22.9. The molecule has 21 nitrogen and oxygen atoms in total. The molecule has 0 aromatic rings. The van der Waals surface area contributed by atoms with Crippen molar-refractivity contribution >= 4 is 36.7 Å². The SMILES string of the molecule is CBC(=O)N(CCOCCOCCOCCOCCC(=O)NC(C)(C)COC(C)(C)CCC(=O)NCCC(C)C)CCOCCOCCOCCOCCC(=O)NC(C)(C)COC(C)(C)CCC(=O)NCCC(C)(C)OCC. The second-order valence-corrected chi connectivity index (χ2v) is 22.9. The first kappa shape index (κ1) is 75.0. The van der Waals surface area contributed by atoms with Crippen molar-refractivity contribution in [3.05, 3.63) is 0 Å². The van der Waals surface area contributed by atoms with Gasteiger partial charge >= 0.3 is 0 Å². The van der Waals surface area contributed by atoms with E-state index in [1.54, 1.807) is 4.90 Å². The molecule has 78 heavy (non-hydrogen) atoms. The summed E-state index contributed by atoms with van der Waals surface area (Å²) in [5, 5.41) is 11.9. The summed E-state index contributed by atoms with van der Waals surface area (Å²) in [7, 11) is 0.387. The molecule has 0 fully saturated rings. The van der Waals surface area contributed by atoms with E-state index in [2.05, 4.69) is 35.1 Å². The largest absolute Gasteiger partial charge is 0.379 e. The summed E-state index contributed by atoms with van der Waals surface area (Å²) in [6, 6.07) is 0. The Morgan fingerprint density at radius 1 is 0.436 bits per heavy atom. The summed E-state index contributed by atoms with van der Waals surface area (Å²) in [4.78, 5) is 63.9. The molecular weight excluding hydrogens is 1010 g/mol. The van der Waals surface area contributed by atoms with Crippen LogP contribution in [-0.4, -0.2) is 221 Å². The maximum absolute atomic E-state index is 12.6. The van der Waals surface area contributed by atoms with Crippen molar-refractivity contribution in [1.29, 1.82) is 0 Å². The van der Waals surface area contributed by atoms with Crippen LogP contribution in [0.1, 0.15) is 141 Å². The molecule has 0 aliphatic heterocycles. The number of rotatable bonds is 53. The third-order valence-corrected chi connectivity index (χ3v) is 12.0. The minimum atomic E-state index is -0.602. The predicted molar refractivity (Wildman–Crippen MR) is 305 cm³/mol. The average Bonchev–Trinajstić information content (AvgIpc) is 3.35. The van der Waals surface area contributed by atoms with Crippen LogP contribution in [0.5, 0.6) is 0 Å². The van der Waals surface area contributed by atoms with Gasteiger partial charge in [0.2, 0.25) is 30.9 Å². The quantitative estimate of drug-likeness (QED) is 0.0451. The zero-order chi connectivity index (χ0) is 58.8. The Morgan fingerprint density at radius 3 is 1.12 bits per heavy atom. The highest BCUT2D eigenvalue weighted by atomic mass is 16.6. The number of nitrogens with one attached hydrogen (secondary N) is 4. The van der Waals surface area contributed by atoms with Crippen molar-refractivity contribution in [3.8, 4) is 0 Å². The lowest BCUT2D eigenvalue weighted by Gasteiger charge is -2.32. The molecular formula is C56H110BN5O16. The van der Waals surface area contributed by atoms with Crippen molar-refractivity contribution < 1.29 is 76.1 Å². The highest BCUT2D eigenvalue weighted by Gasteiger charge is 2.29. The Bertz CT molecular complexity index is 1590. The fraction of sp³-hybridized carbons (Fsp3) is 0.911. The predicted octanol–water partition coefficient (Wildman–Crippen LogP) is 5.23. The highest BCUT2D eigenvalue weighted by molar-refractivity contribution is 6.72. The minimum absolute atomic E-state index is 0.0232. The number of hydrogen-bond donors (Lipinski definition) is 4. The van der Waals surface area contributed by atoms with E-state index < -0.39 is 22.3 Å². The van der Waals surface area contributed by atoms with E-state index in [1.807, 2.05) is 83.0 Å². The zero-order valence-corrected chi connectivity index (χ0v) is 51.2. The number of hydrogen-bond acceptors (Lipinski definition) is 16. The normalized spacial score (nSPS) is 12.4. The lowest BCUT2D eigenvalue weighted by molar-refractivity contribution is -0.127. The molecule has 5 amide bonds. The van der Waals surface area contributed by atoms with E-state index in [0.717, 1.165) is 12.8 Å². The lowest BCUT2D eigenvalue weighted by Crippen LogP contribution is -2.49. The van der Waals surface area contributed by atoms with Gasteiger partial charge in [-0.1, -0.05) is 20.7 Å². The summed E-state index contributed by atoms with van der Waals surface area (Å²) < 4.78 is 62.7. The average molecular weight is 1120 g/mol. The van der Waals surface area contributed by atoms with E-state index in [-0.39, 0.29) is 61.1 Å². The number of amides is 5. The van der Waals surface area contributed by atoms with Crippen molar-refractivity contribution in [1.82, 2.24) is 26.2 Å². The van der Waals surface area contributed by atoms with E-state index in [1.165, 1.54) is 0 Å². The lowest BCUT2D eigenvalue weighted by atomic mass is 9.80. The number of ether oxygens (including phenoxy) is 11. The van der Waals surface area contributed by atoms with Gasteiger partial charge < -0.3 is 78.3 Å².